The van der Waals surface area contributed by atoms with Gasteiger partial charge in [0.25, 0.3) is 0 Å². The van der Waals surface area contributed by atoms with Crippen LogP contribution in [0.15, 0.2) is 41.8 Å². The standard InChI is InChI=1S/C17H21N3O/c1-11-5-3-7-18-16(11)14-9-13(21)10-15(20-14)17-12(2)6-4-8-19-17/h3-7,14-15,19-20H,8-10H2,1-2H3/t14-,15+/m0/s1. The van der Waals surface area contributed by atoms with Crippen LogP contribution in [0, 0.1) is 6.92 Å². The molecule has 21 heavy (non-hydrogen) atoms. The van der Waals surface area contributed by atoms with Gasteiger partial charge in [0.2, 0.25) is 0 Å². The lowest BCUT2D eigenvalue weighted by molar-refractivity contribution is -0.121. The van der Waals surface area contributed by atoms with Crippen LogP contribution in [-0.2, 0) is 4.79 Å². The minimum Gasteiger partial charge on any atom is -0.383 e. The summed E-state index contributed by atoms with van der Waals surface area (Å²) in [6, 6.07) is 4.04. The van der Waals surface area contributed by atoms with Crippen LogP contribution in [0.1, 0.15) is 37.1 Å². The Morgan fingerprint density at radius 3 is 2.81 bits per heavy atom. The molecule has 1 saturated heterocycles. The molecular weight excluding hydrogens is 262 g/mol. The van der Waals surface area contributed by atoms with Gasteiger partial charge in [-0.2, -0.15) is 0 Å². The average Bonchev–Trinajstić information content (AvgIpc) is 2.47. The van der Waals surface area contributed by atoms with Crippen molar-refractivity contribution in [3.63, 3.8) is 0 Å². The number of aryl methyl sites for hydroxylation is 1. The van der Waals surface area contributed by atoms with Gasteiger partial charge in [0.05, 0.1) is 17.8 Å². The lowest BCUT2D eigenvalue weighted by Crippen LogP contribution is -2.46. The molecule has 0 saturated carbocycles. The van der Waals surface area contributed by atoms with Gasteiger partial charge in [-0.1, -0.05) is 18.2 Å². The first-order valence-corrected chi connectivity index (χ1v) is 7.45. The maximum Gasteiger partial charge on any atom is 0.136 e. The highest BCUT2D eigenvalue weighted by atomic mass is 16.1. The quantitative estimate of drug-likeness (QED) is 0.873. The molecule has 3 heterocycles. The number of allylic oxidation sites excluding steroid dienone is 2. The predicted octanol–water partition coefficient (Wildman–Crippen LogP) is 2.19. The van der Waals surface area contributed by atoms with Crippen molar-refractivity contribution >= 4 is 5.78 Å². The van der Waals surface area contributed by atoms with Crippen LogP contribution in [0.3, 0.4) is 0 Å². The van der Waals surface area contributed by atoms with Gasteiger partial charge in [-0.3, -0.25) is 15.1 Å². The van der Waals surface area contributed by atoms with E-state index < -0.39 is 0 Å². The first-order valence-electron chi connectivity index (χ1n) is 7.45. The van der Waals surface area contributed by atoms with Crippen LogP contribution in [-0.4, -0.2) is 23.4 Å². The second-order valence-electron chi connectivity index (χ2n) is 5.80. The second-order valence-corrected chi connectivity index (χ2v) is 5.80. The van der Waals surface area contributed by atoms with Crippen molar-refractivity contribution in [2.75, 3.05) is 6.54 Å². The van der Waals surface area contributed by atoms with E-state index in [1.807, 2.05) is 19.1 Å². The number of nitrogens with one attached hydrogen (secondary N) is 2. The number of ketones is 1. The van der Waals surface area contributed by atoms with Crippen LogP contribution in [0.5, 0.6) is 0 Å². The second kappa shape index (κ2) is 5.82. The first-order chi connectivity index (χ1) is 10.1. The monoisotopic (exact) mass is 283 g/mol. The Kier molecular flexibility index (Phi) is 3.88. The van der Waals surface area contributed by atoms with E-state index in [4.69, 9.17) is 0 Å². The van der Waals surface area contributed by atoms with Crippen molar-refractivity contribution in [1.29, 1.82) is 0 Å². The molecule has 0 radical (unpaired) electrons. The zero-order chi connectivity index (χ0) is 14.8. The summed E-state index contributed by atoms with van der Waals surface area (Å²) < 4.78 is 0. The lowest BCUT2D eigenvalue weighted by Gasteiger charge is -2.34. The molecule has 1 aromatic rings. The number of hydrogen-bond acceptors (Lipinski definition) is 4. The molecule has 0 bridgehead atoms. The van der Waals surface area contributed by atoms with E-state index in [1.54, 1.807) is 6.20 Å². The van der Waals surface area contributed by atoms with Crippen LogP contribution in [0.2, 0.25) is 0 Å². The summed E-state index contributed by atoms with van der Waals surface area (Å²) in [5, 5.41) is 7.01. The van der Waals surface area contributed by atoms with Gasteiger partial charge in [0, 0.05) is 31.3 Å². The minimum atomic E-state index is 0.00505. The number of dihydropyridines is 1. The molecule has 0 aromatic carbocycles. The normalized spacial score (nSPS) is 25.9. The third-order valence-electron chi connectivity index (χ3n) is 4.20. The summed E-state index contributed by atoms with van der Waals surface area (Å²) >= 11 is 0. The van der Waals surface area contributed by atoms with Gasteiger partial charge in [-0.15, -0.1) is 0 Å². The molecule has 0 aliphatic carbocycles. The highest BCUT2D eigenvalue weighted by Gasteiger charge is 2.31. The number of carbonyl (C=O) groups excluding carboxylic acids is 1. The zero-order valence-corrected chi connectivity index (χ0v) is 12.5. The van der Waals surface area contributed by atoms with Crippen LogP contribution in [0.25, 0.3) is 0 Å². The molecular formula is C17H21N3O. The van der Waals surface area contributed by atoms with E-state index in [0.29, 0.717) is 18.6 Å². The number of hydrogen-bond donors (Lipinski definition) is 2. The van der Waals surface area contributed by atoms with Crippen molar-refractivity contribution < 1.29 is 4.79 Å². The largest absolute Gasteiger partial charge is 0.383 e. The van der Waals surface area contributed by atoms with Crippen molar-refractivity contribution in [3.8, 4) is 0 Å². The molecule has 2 aliphatic heterocycles. The summed E-state index contributed by atoms with van der Waals surface area (Å²) in [4.78, 5) is 16.7. The molecule has 1 fully saturated rings. The molecule has 3 rings (SSSR count). The summed E-state index contributed by atoms with van der Waals surface area (Å²) in [6.07, 6.45) is 7.09. The highest BCUT2D eigenvalue weighted by Crippen LogP contribution is 2.27. The van der Waals surface area contributed by atoms with Crippen molar-refractivity contribution in [2.45, 2.75) is 38.8 Å². The van der Waals surface area contributed by atoms with Crippen molar-refractivity contribution in [3.05, 3.63) is 53.0 Å². The third kappa shape index (κ3) is 2.90. The summed E-state index contributed by atoms with van der Waals surface area (Å²) in [5.74, 6) is 0.297. The maximum atomic E-state index is 12.2. The Morgan fingerprint density at radius 1 is 1.24 bits per heavy atom. The maximum absolute atomic E-state index is 12.2. The van der Waals surface area contributed by atoms with E-state index in [0.717, 1.165) is 23.5 Å². The Morgan fingerprint density at radius 2 is 2.05 bits per heavy atom. The number of aromatic nitrogens is 1. The molecule has 0 spiro atoms. The molecule has 1 aromatic heterocycles. The summed E-state index contributed by atoms with van der Waals surface area (Å²) in [5.41, 5.74) is 4.46. The van der Waals surface area contributed by atoms with Crippen LogP contribution >= 0.6 is 0 Å². The fourth-order valence-electron chi connectivity index (χ4n) is 3.15. The van der Waals surface area contributed by atoms with Crippen LogP contribution in [0.4, 0.5) is 0 Å². The van der Waals surface area contributed by atoms with Gasteiger partial charge in [0.1, 0.15) is 5.78 Å². The molecule has 110 valence electrons. The number of nitrogens with zero attached hydrogens (tertiary/aromatic N) is 1. The Balaban J connectivity index is 1.87. The molecule has 2 aliphatic rings. The smallest absolute Gasteiger partial charge is 0.136 e. The average molecular weight is 283 g/mol. The Hall–Kier alpha value is -1.94. The Bertz CT molecular complexity index is 618. The van der Waals surface area contributed by atoms with E-state index in [2.05, 4.69) is 34.7 Å². The third-order valence-corrected chi connectivity index (χ3v) is 4.20. The number of piperidine rings is 1. The first kappa shape index (κ1) is 14.0. The van der Waals surface area contributed by atoms with Gasteiger partial charge in [0.15, 0.2) is 0 Å². The molecule has 2 atom stereocenters. The lowest BCUT2D eigenvalue weighted by atomic mass is 9.90. The van der Waals surface area contributed by atoms with E-state index >= 15 is 0 Å². The van der Waals surface area contributed by atoms with E-state index in [9.17, 15) is 4.79 Å². The topological polar surface area (TPSA) is 54.0 Å². The Labute approximate surface area is 125 Å². The summed E-state index contributed by atoms with van der Waals surface area (Å²) in [6.45, 7) is 4.95. The SMILES string of the molecule is CC1=C([C@H]2CC(=O)C[C@@H](c3ncccc3C)N2)NCC=C1. The molecule has 0 unspecified atom stereocenters. The van der Waals surface area contributed by atoms with E-state index in [-0.39, 0.29) is 12.1 Å². The van der Waals surface area contributed by atoms with Crippen molar-refractivity contribution in [2.24, 2.45) is 0 Å². The number of carbonyl (C=O) groups is 1. The highest BCUT2D eigenvalue weighted by molar-refractivity contribution is 5.81. The molecule has 2 N–H and O–H groups in total. The van der Waals surface area contributed by atoms with Crippen LogP contribution < -0.4 is 10.6 Å². The number of pyridine rings is 1. The van der Waals surface area contributed by atoms with E-state index in [1.165, 1.54) is 5.57 Å². The summed E-state index contributed by atoms with van der Waals surface area (Å²) in [7, 11) is 0. The molecule has 4 nitrogen and oxygen atoms in total. The fourth-order valence-corrected chi connectivity index (χ4v) is 3.15. The van der Waals surface area contributed by atoms with Crippen molar-refractivity contribution in [1.82, 2.24) is 15.6 Å². The van der Waals surface area contributed by atoms with Gasteiger partial charge < -0.3 is 5.32 Å². The van der Waals surface area contributed by atoms with Gasteiger partial charge >= 0.3 is 0 Å². The molecule has 4 heteroatoms. The number of rotatable bonds is 2. The van der Waals surface area contributed by atoms with Gasteiger partial charge in [-0.05, 0) is 31.1 Å². The zero-order valence-electron chi connectivity index (χ0n) is 12.5. The number of Topliss-reactive ketones (excluding diaryl/α,β-unsaturated/α-hetero) is 1. The minimum absolute atomic E-state index is 0.00505. The van der Waals surface area contributed by atoms with Gasteiger partial charge in [-0.25, -0.2) is 0 Å². The fraction of sp³-hybridized carbons (Fsp3) is 0.412. The predicted molar refractivity (Wildman–Crippen MR) is 82.7 cm³/mol. The molecule has 0 amide bonds.